The lowest BCUT2D eigenvalue weighted by Gasteiger charge is -2.05. The number of hydrogen-bond acceptors (Lipinski definition) is 3. The predicted molar refractivity (Wildman–Crippen MR) is 101 cm³/mol. The number of rotatable bonds is 16. The van der Waals surface area contributed by atoms with E-state index in [0.717, 1.165) is 18.4 Å². The Morgan fingerprint density at radius 1 is 0.875 bits per heavy atom. The van der Waals surface area contributed by atoms with E-state index in [1.165, 1.54) is 76.7 Å². The zero-order chi connectivity index (χ0) is 17.9. The van der Waals surface area contributed by atoms with Crippen LogP contribution >= 0.6 is 0 Å². The van der Waals surface area contributed by atoms with Crippen molar-refractivity contribution in [2.75, 3.05) is 6.61 Å². The van der Waals surface area contributed by atoms with Crippen molar-refractivity contribution in [2.45, 2.75) is 104 Å². The van der Waals surface area contributed by atoms with Crippen LogP contribution in [-0.2, 0) is 9.53 Å². The summed E-state index contributed by atoms with van der Waals surface area (Å²) in [6, 6.07) is 1.93. The first-order chi connectivity index (χ1) is 11.7. The Morgan fingerprint density at radius 2 is 1.33 bits per heavy atom. The smallest absolute Gasteiger partial charge is 0.306 e. The molecule has 0 aliphatic carbocycles. The molecule has 0 aromatic carbocycles. The van der Waals surface area contributed by atoms with Crippen LogP contribution in [0.25, 0.3) is 0 Å². The molecule has 0 radical (unpaired) electrons. The second-order valence-electron chi connectivity index (χ2n) is 6.77. The van der Waals surface area contributed by atoms with Gasteiger partial charge in [-0.1, -0.05) is 84.0 Å². The Morgan fingerprint density at radius 3 is 1.79 bits per heavy atom. The molecule has 0 heterocycles. The number of nitriles is 1. The first kappa shape index (κ1) is 22.7. The normalized spacial score (nSPS) is 11.3. The van der Waals surface area contributed by atoms with Gasteiger partial charge in [0.05, 0.1) is 6.07 Å². The van der Waals surface area contributed by atoms with Gasteiger partial charge in [0.15, 0.2) is 0 Å². The molecule has 0 bridgehead atoms. The Bertz CT molecular complexity index is 369. The quantitative estimate of drug-likeness (QED) is 0.184. The standard InChI is InChI=1S/C21H37NO2/c1-3-4-5-6-7-8-9-10-11-12-13-14-15-16-21(23)24-19-20(2)17-18-22/h17H,3-16,19H2,1-2H3/b20-17+. The first-order valence-corrected chi connectivity index (χ1v) is 9.91. The summed E-state index contributed by atoms with van der Waals surface area (Å²) in [6.07, 6.45) is 18.9. The van der Waals surface area contributed by atoms with Crippen LogP contribution in [-0.4, -0.2) is 12.6 Å². The Balaban J connectivity index is 3.23. The van der Waals surface area contributed by atoms with Crippen LogP contribution in [0.1, 0.15) is 104 Å². The highest BCUT2D eigenvalue weighted by Gasteiger charge is 2.03. The van der Waals surface area contributed by atoms with E-state index in [2.05, 4.69) is 6.92 Å². The van der Waals surface area contributed by atoms with Crippen molar-refractivity contribution in [1.29, 1.82) is 5.26 Å². The van der Waals surface area contributed by atoms with Crippen molar-refractivity contribution in [3.8, 4) is 6.07 Å². The van der Waals surface area contributed by atoms with E-state index in [1.54, 1.807) is 6.92 Å². The largest absolute Gasteiger partial charge is 0.461 e. The van der Waals surface area contributed by atoms with Gasteiger partial charge < -0.3 is 4.74 Å². The highest BCUT2D eigenvalue weighted by molar-refractivity contribution is 5.69. The van der Waals surface area contributed by atoms with Crippen LogP contribution in [0.2, 0.25) is 0 Å². The average molecular weight is 336 g/mol. The van der Waals surface area contributed by atoms with Gasteiger partial charge in [0.2, 0.25) is 0 Å². The average Bonchev–Trinajstić information content (AvgIpc) is 2.57. The molecule has 0 saturated heterocycles. The molecule has 0 atom stereocenters. The van der Waals surface area contributed by atoms with Crippen LogP contribution in [0.3, 0.4) is 0 Å². The van der Waals surface area contributed by atoms with Crippen molar-refractivity contribution in [3.05, 3.63) is 11.6 Å². The summed E-state index contributed by atoms with van der Waals surface area (Å²) in [5.41, 5.74) is 0.788. The van der Waals surface area contributed by atoms with E-state index in [4.69, 9.17) is 10.00 Å². The minimum atomic E-state index is -0.149. The molecule has 0 fully saturated rings. The van der Waals surface area contributed by atoms with Crippen molar-refractivity contribution >= 4 is 5.97 Å². The summed E-state index contributed by atoms with van der Waals surface area (Å²) < 4.78 is 5.11. The van der Waals surface area contributed by atoms with E-state index in [0.29, 0.717) is 6.42 Å². The number of nitrogens with zero attached hydrogens (tertiary/aromatic N) is 1. The number of esters is 1. The maximum absolute atomic E-state index is 11.5. The molecular formula is C21H37NO2. The zero-order valence-electron chi connectivity index (χ0n) is 15.9. The third-order valence-corrected chi connectivity index (χ3v) is 4.26. The van der Waals surface area contributed by atoms with E-state index in [1.807, 2.05) is 6.07 Å². The van der Waals surface area contributed by atoms with Crippen molar-refractivity contribution in [1.82, 2.24) is 0 Å². The lowest BCUT2D eigenvalue weighted by Crippen LogP contribution is -2.06. The molecule has 138 valence electrons. The molecule has 0 spiro atoms. The maximum atomic E-state index is 11.5. The number of ether oxygens (including phenoxy) is 1. The molecule has 0 N–H and O–H groups in total. The van der Waals surface area contributed by atoms with E-state index in [9.17, 15) is 4.79 Å². The van der Waals surface area contributed by atoms with Crippen LogP contribution in [0.5, 0.6) is 0 Å². The van der Waals surface area contributed by atoms with Crippen molar-refractivity contribution < 1.29 is 9.53 Å². The summed E-state index contributed by atoms with van der Waals surface area (Å²) >= 11 is 0. The fourth-order valence-electron chi connectivity index (χ4n) is 2.71. The number of carbonyl (C=O) groups is 1. The molecule has 3 nitrogen and oxygen atoms in total. The molecule has 0 amide bonds. The summed E-state index contributed by atoms with van der Waals surface area (Å²) in [7, 11) is 0. The van der Waals surface area contributed by atoms with Crippen LogP contribution in [0, 0.1) is 11.3 Å². The van der Waals surface area contributed by atoms with E-state index < -0.39 is 0 Å². The summed E-state index contributed by atoms with van der Waals surface area (Å²) in [5, 5.41) is 8.47. The molecule has 0 saturated carbocycles. The van der Waals surface area contributed by atoms with Crippen molar-refractivity contribution in [2.24, 2.45) is 0 Å². The van der Waals surface area contributed by atoms with Gasteiger partial charge >= 0.3 is 5.97 Å². The third kappa shape index (κ3) is 17.1. The highest BCUT2D eigenvalue weighted by Crippen LogP contribution is 2.13. The number of hydrogen-bond donors (Lipinski definition) is 0. The fourth-order valence-corrected chi connectivity index (χ4v) is 2.71. The minimum absolute atomic E-state index is 0.149. The van der Waals surface area contributed by atoms with Gasteiger partial charge in [-0.25, -0.2) is 0 Å². The zero-order valence-corrected chi connectivity index (χ0v) is 15.9. The SMILES string of the molecule is CCCCCCCCCCCCCCCC(=O)OC/C(C)=C/C#N. The van der Waals surface area contributed by atoms with Gasteiger partial charge in [0.1, 0.15) is 6.61 Å². The predicted octanol–water partition coefficient (Wildman–Crippen LogP) is 6.48. The maximum Gasteiger partial charge on any atom is 0.306 e. The second-order valence-corrected chi connectivity index (χ2v) is 6.77. The number of allylic oxidation sites excluding steroid dienone is 1. The van der Waals surface area contributed by atoms with Gasteiger partial charge in [-0.15, -0.1) is 0 Å². The molecule has 0 aromatic rings. The fraction of sp³-hybridized carbons (Fsp3) is 0.810. The number of unbranched alkanes of at least 4 members (excludes halogenated alkanes) is 12. The first-order valence-electron chi connectivity index (χ1n) is 9.91. The topological polar surface area (TPSA) is 50.1 Å². The molecule has 0 aliphatic rings. The number of carbonyl (C=O) groups excluding carboxylic acids is 1. The Hall–Kier alpha value is -1.30. The lowest BCUT2D eigenvalue weighted by atomic mass is 10.0. The summed E-state index contributed by atoms with van der Waals surface area (Å²) in [6.45, 7) is 4.30. The lowest BCUT2D eigenvalue weighted by molar-refractivity contribution is -0.142. The van der Waals surface area contributed by atoms with Gasteiger partial charge in [0, 0.05) is 12.5 Å². The Kier molecular flexibility index (Phi) is 17.1. The van der Waals surface area contributed by atoms with Crippen LogP contribution in [0.4, 0.5) is 0 Å². The molecule has 0 rings (SSSR count). The molecule has 3 heteroatoms. The molecular weight excluding hydrogens is 298 g/mol. The molecule has 24 heavy (non-hydrogen) atoms. The minimum Gasteiger partial charge on any atom is -0.461 e. The summed E-state index contributed by atoms with van der Waals surface area (Å²) in [4.78, 5) is 11.5. The Labute approximate surface area is 149 Å². The molecule has 0 aromatic heterocycles. The molecule has 0 unspecified atom stereocenters. The van der Waals surface area contributed by atoms with Crippen LogP contribution < -0.4 is 0 Å². The monoisotopic (exact) mass is 335 g/mol. The highest BCUT2D eigenvalue weighted by atomic mass is 16.5. The van der Waals surface area contributed by atoms with Gasteiger partial charge in [-0.3, -0.25) is 4.79 Å². The second kappa shape index (κ2) is 18.0. The van der Waals surface area contributed by atoms with E-state index >= 15 is 0 Å². The van der Waals surface area contributed by atoms with Crippen LogP contribution in [0.15, 0.2) is 11.6 Å². The molecule has 0 aliphatic heterocycles. The van der Waals surface area contributed by atoms with Gasteiger partial charge in [-0.05, 0) is 18.9 Å². The van der Waals surface area contributed by atoms with E-state index in [-0.39, 0.29) is 12.6 Å². The van der Waals surface area contributed by atoms with Crippen molar-refractivity contribution in [3.63, 3.8) is 0 Å². The van der Waals surface area contributed by atoms with Gasteiger partial charge in [-0.2, -0.15) is 5.26 Å². The summed E-state index contributed by atoms with van der Waals surface area (Å²) in [5.74, 6) is -0.149. The van der Waals surface area contributed by atoms with Gasteiger partial charge in [0.25, 0.3) is 0 Å². The third-order valence-electron chi connectivity index (χ3n) is 4.26.